The van der Waals surface area contributed by atoms with Crippen molar-refractivity contribution in [2.45, 2.75) is 58.8 Å². The van der Waals surface area contributed by atoms with Crippen LogP contribution in [0.5, 0.6) is 0 Å². The third kappa shape index (κ3) is 3.60. The van der Waals surface area contributed by atoms with Crippen molar-refractivity contribution < 1.29 is 28.6 Å². The molecule has 1 aromatic rings. The van der Waals surface area contributed by atoms with E-state index in [0.717, 1.165) is 5.56 Å². The highest BCUT2D eigenvalue weighted by Crippen LogP contribution is 2.51. The Morgan fingerprint density at radius 3 is 2.47 bits per heavy atom. The van der Waals surface area contributed by atoms with Gasteiger partial charge in [0.1, 0.15) is 6.61 Å². The van der Waals surface area contributed by atoms with Crippen LogP contribution in [0.2, 0.25) is 0 Å². The molecule has 164 valence electrons. The highest BCUT2D eigenvalue weighted by atomic mass is 16.6. The largest absolute Gasteiger partial charge is 0.464 e. The Morgan fingerprint density at radius 1 is 1.23 bits per heavy atom. The van der Waals surface area contributed by atoms with Gasteiger partial charge in [-0.25, -0.2) is 14.5 Å². The predicted molar refractivity (Wildman–Crippen MR) is 109 cm³/mol. The lowest BCUT2D eigenvalue weighted by Crippen LogP contribution is -2.49. The molecular weight excluding hydrogens is 386 g/mol. The maximum Gasteiger partial charge on any atom is 0.416 e. The van der Waals surface area contributed by atoms with Crippen LogP contribution >= 0.6 is 0 Å². The lowest BCUT2D eigenvalue weighted by Gasteiger charge is -2.31. The van der Waals surface area contributed by atoms with Crippen LogP contribution < -0.4 is 0 Å². The Bertz CT molecular complexity index is 794. The van der Waals surface area contributed by atoms with Crippen LogP contribution in [-0.4, -0.2) is 47.7 Å². The van der Waals surface area contributed by atoms with Gasteiger partial charge >= 0.3 is 12.1 Å². The number of carbonyl (C=O) groups excluding carboxylic acids is 3. The summed E-state index contributed by atoms with van der Waals surface area (Å²) in [5.74, 6) is -1.99. The number of nitrogens with zero attached hydrogens (tertiary/aromatic N) is 1. The van der Waals surface area contributed by atoms with Crippen molar-refractivity contribution >= 4 is 18.0 Å². The van der Waals surface area contributed by atoms with Crippen LogP contribution in [0, 0.1) is 17.8 Å². The van der Waals surface area contributed by atoms with E-state index >= 15 is 0 Å². The van der Waals surface area contributed by atoms with Gasteiger partial charge in [0.25, 0.3) is 0 Å². The van der Waals surface area contributed by atoms with Crippen LogP contribution in [0.1, 0.15) is 52.7 Å². The number of imide groups is 1. The van der Waals surface area contributed by atoms with E-state index in [4.69, 9.17) is 14.2 Å². The fourth-order valence-electron chi connectivity index (χ4n) is 4.60. The van der Waals surface area contributed by atoms with Gasteiger partial charge in [0.15, 0.2) is 5.60 Å². The molecule has 2 saturated heterocycles. The number of rotatable bonds is 6. The average Bonchev–Trinajstić information content (AvgIpc) is 3.27. The number of carbonyl (C=O) groups is 3. The molecular formula is C23H31NO6. The number of amides is 2. The minimum Gasteiger partial charge on any atom is -0.464 e. The molecule has 2 heterocycles. The first kappa shape index (κ1) is 22.3. The summed E-state index contributed by atoms with van der Waals surface area (Å²) in [5, 5.41) is 0. The molecule has 2 fully saturated rings. The molecule has 5 atom stereocenters. The second-order valence-corrected chi connectivity index (χ2v) is 8.32. The fraction of sp³-hybridized carbons (Fsp3) is 0.609. The number of benzene rings is 1. The number of hydrogen-bond donors (Lipinski definition) is 0. The monoisotopic (exact) mass is 417 g/mol. The van der Waals surface area contributed by atoms with E-state index in [2.05, 4.69) is 0 Å². The van der Waals surface area contributed by atoms with Gasteiger partial charge in [0, 0.05) is 5.92 Å². The van der Waals surface area contributed by atoms with E-state index in [1.54, 1.807) is 6.92 Å². The van der Waals surface area contributed by atoms with Gasteiger partial charge in [-0.3, -0.25) is 4.79 Å². The summed E-state index contributed by atoms with van der Waals surface area (Å²) in [6.45, 7) is 9.72. The summed E-state index contributed by atoms with van der Waals surface area (Å²) in [7, 11) is 0. The molecule has 0 bridgehead atoms. The Kier molecular flexibility index (Phi) is 6.50. The molecule has 30 heavy (non-hydrogen) atoms. The number of hydrogen-bond acceptors (Lipinski definition) is 6. The lowest BCUT2D eigenvalue weighted by atomic mass is 9.77. The highest BCUT2D eigenvalue weighted by molar-refractivity contribution is 5.96. The summed E-state index contributed by atoms with van der Waals surface area (Å²) in [6, 6.07) is 9.01. The standard InChI is InChI=1S/C23H31NO6/c1-6-23(21(26)28-7-2)15(5)18(19(30-23)16-11-9-8-10-12-16)20(25)24-17(14(3)4)13-29-22(24)27/h8-12,14-15,17-19H,6-7,13H2,1-5H3/t15-,17+,18-,19-,23-/m0/s1. The molecule has 0 N–H and O–H groups in total. The molecule has 0 radical (unpaired) electrons. The zero-order valence-electron chi connectivity index (χ0n) is 18.3. The molecule has 0 unspecified atom stereocenters. The minimum absolute atomic E-state index is 0.0502. The second kappa shape index (κ2) is 8.76. The highest BCUT2D eigenvalue weighted by Gasteiger charge is 2.61. The Balaban J connectivity index is 2.05. The zero-order valence-corrected chi connectivity index (χ0v) is 18.3. The summed E-state index contributed by atoms with van der Waals surface area (Å²) in [5.41, 5.74) is -0.468. The van der Waals surface area contributed by atoms with Crippen LogP contribution in [-0.2, 0) is 23.8 Å². The van der Waals surface area contributed by atoms with E-state index in [9.17, 15) is 14.4 Å². The van der Waals surface area contributed by atoms with Gasteiger partial charge in [-0.15, -0.1) is 0 Å². The van der Waals surface area contributed by atoms with Crippen LogP contribution in [0.15, 0.2) is 30.3 Å². The fourth-order valence-corrected chi connectivity index (χ4v) is 4.60. The molecule has 2 aliphatic heterocycles. The van der Waals surface area contributed by atoms with Crippen molar-refractivity contribution in [1.29, 1.82) is 0 Å². The van der Waals surface area contributed by atoms with E-state index in [1.807, 2.05) is 58.0 Å². The smallest absolute Gasteiger partial charge is 0.416 e. The first-order valence-electron chi connectivity index (χ1n) is 10.7. The third-order valence-electron chi connectivity index (χ3n) is 6.41. The second-order valence-electron chi connectivity index (χ2n) is 8.32. The van der Waals surface area contributed by atoms with E-state index < -0.39 is 35.6 Å². The van der Waals surface area contributed by atoms with Crippen LogP contribution in [0.4, 0.5) is 4.79 Å². The number of esters is 1. The minimum atomic E-state index is -1.26. The summed E-state index contributed by atoms with van der Waals surface area (Å²) in [4.78, 5) is 40.4. The van der Waals surface area contributed by atoms with Gasteiger partial charge in [-0.2, -0.15) is 0 Å². The van der Waals surface area contributed by atoms with Gasteiger partial charge in [0.05, 0.1) is 24.7 Å². The van der Waals surface area contributed by atoms with Crippen molar-refractivity contribution in [1.82, 2.24) is 4.90 Å². The molecule has 0 aliphatic carbocycles. The first-order chi connectivity index (χ1) is 14.3. The SMILES string of the molecule is CCOC(=O)[C@@]1(CC)O[C@@H](c2ccccc2)[C@@H](C(=O)N2C(=O)OC[C@@H]2C(C)C)[C@@H]1C. The Morgan fingerprint density at radius 2 is 1.90 bits per heavy atom. The first-order valence-corrected chi connectivity index (χ1v) is 10.7. The molecule has 0 saturated carbocycles. The zero-order chi connectivity index (χ0) is 22.1. The molecule has 0 spiro atoms. The molecule has 0 aromatic heterocycles. The summed E-state index contributed by atoms with van der Waals surface area (Å²) in [6.07, 6.45) is -0.944. The van der Waals surface area contributed by atoms with Crippen molar-refractivity contribution in [3.63, 3.8) is 0 Å². The lowest BCUT2D eigenvalue weighted by molar-refractivity contribution is -0.175. The number of ether oxygens (including phenoxy) is 3. The predicted octanol–water partition coefficient (Wildman–Crippen LogP) is 3.73. The van der Waals surface area contributed by atoms with Crippen molar-refractivity contribution in [3.8, 4) is 0 Å². The Labute approximate surface area is 177 Å². The number of cyclic esters (lactones) is 1. The van der Waals surface area contributed by atoms with E-state index in [0.29, 0.717) is 6.42 Å². The van der Waals surface area contributed by atoms with Gasteiger partial charge in [-0.1, -0.05) is 58.0 Å². The molecule has 3 rings (SSSR count). The quantitative estimate of drug-likeness (QED) is 0.656. The topological polar surface area (TPSA) is 82.1 Å². The maximum atomic E-state index is 13.7. The Hall–Kier alpha value is -2.41. The summed E-state index contributed by atoms with van der Waals surface area (Å²) >= 11 is 0. The normalized spacial score (nSPS) is 31.1. The molecule has 2 amide bonds. The van der Waals surface area contributed by atoms with Gasteiger partial charge in [-0.05, 0) is 24.8 Å². The van der Waals surface area contributed by atoms with E-state index in [1.165, 1.54) is 4.90 Å². The maximum absolute atomic E-state index is 13.7. The van der Waals surface area contributed by atoms with Crippen molar-refractivity contribution in [2.24, 2.45) is 17.8 Å². The third-order valence-corrected chi connectivity index (χ3v) is 6.41. The van der Waals surface area contributed by atoms with Crippen LogP contribution in [0.25, 0.3) is 0 Å². The average molecular weight is 418 g/mol. The molecule has 1 aromatic carbocycles. The van der Waals surface area contributed by atoms with Crippen molar-refractivity contribution in [3.05, 3.63) is 35.9 Å². The van der Waals surface area contributed by atoms with Crippen LogP contribution in [0.3, 0.4) is 0 Å². The van der Waals surface area contributed by atoms with Gasteiger partial charge < -0.3 is 14.2 Å². The summed E-state index contributed by atoms with van der Waals surface area (Å²) < 4.78 is 16.9. The van der Waals surface area contributed by atoms with Gasteiger partial charge in [0.2, 0.25) is 5.91 Å². The molecule has 7 heteroatoms. The molecule has 2 aliphatic rings. The van der Waals surface area contributed by atoms with Crippen molar-refractivity contribution in [2.75, 3.05) is 13.2 Å². The molecule has 7 nitrogen and oxygen atoms in total. The van der Waals surface area contributed by atoms with E-state index in [-0.39, 0.29) is 31.1 Å².